The van der Waals surface area contributed by atoms with Gasteiger partial charge in [-0.05, 0) is 25.1 Å². The third-order valence-corrected chi connectivity index (χ3v) is 8.59. The molecule has 0 bridgehead atoms. The van der Waals surface area contributed by atoms with E-state index in [0.29, 0.717) is 44.7 Å². The summed E-state index contributed by atoms with van der Waals surface area (Å²) in [6.45, 7) is 10.1. The number of aromatic nitrogens is 1. The van der Waals surface area contributed by atoms with Crippen LogP contribution >= 0.6 is 11.6 Å². The molecular weight excluding hydrogens is 541 g/mol. The van der Waals surface area contributed by atoms with Gasteiger partial charge in [0.25, 0.3) is 5.91 Å². The molecule has 4 aliphatic heterocycles. The number of phenols is 1. The number of phenolic OH excluding ortho intramolecular Hbond substituents is 1. The summed E-state index contributed by atoms with van der Waals surface area (Å²) >= 11 is 6.83. The molecule has 1 aromatic carbocycles. The fraction of sp³-hybridized carbons (Fsp3) is 0.464. The maximum absolute atomic E-state index is 15.1. The van der Waals surface area contributed by atoms with Gasteiger partial charge in [-0.25, -0.2) is 9.37 Å². The van der Waals surface area contributed by atoms with E-state index >= 15 is 4.39 Å². The standard InChI is InChI=1S/C28H31ClFN5O5/c1-3-21(37)33-8-10-35-17(12-33)15-40-26-23(28(35)38)27(34-9-7-32(11-16(34)2)18-13-39-14-18)31-25(24(26)29)22-19(30)5-4-6-20(22)36/h3-6,16-18,36H,1,7-15H2,2H3/t16?,17-/m1/s1. The molecule has 3 fully saturated rings. The van der Waals surface area contributed by atoms with Gasteiger partial charge in [0.15, 0.2) is 5.75 Å². The normalized spacial score (nSPS) is 23.6. The van der Waals surface area contributed by atoms with Crippen LogP contribution in [-0.2, 0) is 9.53 Å². The van der Waals surface area contributed by atoms with E-state index < -0.39 is 11.9 Å². The Bertz CT molecular complexity index is 1350. The number of hydrogen-bond acceptors (Lipinski definition) is 8. The molecule has 2 atom stereocenters. The van der Waals surface area contributed by atoms with Gasteiger partial charge in [0.05, 0.1) is 30.9 Å². The molecule has 1 N–H and O–H groups in total. The monoisotopic (exact) mass is 571 g/mol. The third-order valence-electron chi connectivity index (χ3n) is 8.24. The number of benzene rings is 1. The summed E-state index contributed by atoms with van der Waals surface area (Å²) in [4.78, 5) is 39.0. The summed E-state index contributed by atoms with van der Waals surface area (Å²) in [6.07, 6.45) is 1.26. The number of carbonyl (C=O) groups excluding carboxylic acids is 2. The Labute approximate surface area is 236 Å². The van der Waals surface area contributed by atoms with Gasteiger partial charge in [0, 0.05) is 45.3 Å². The lowest BCUT2D eigenvalue weighted by Crippen LogP contribution is -2.60. The summed E-state index contributed by atoms with van der Waals surface area (Å²) in [7, 11) is 0. The first-order valence-electron chi connectivity index (χ1n) is 13.4. The largest absolute Gasteiger partial charge is 0.507 e. The summed E-state index contributed by atoms with van der Waals surface area (Å²) in [5.41, 5.74) is 0.0576. The molecule has 12 heteroatoms. The average molecular weight is 572 g/mol. The highest BCUT2D eigenvalue weighted by Gasteiger charge is 2.42. The number of piperazine rings is 2. The molecule has 10 nitrogen and oxygen atoms in total. The molecule has 0 spiro atoms. The van der Waals surface area contributed by atoms with Gasteiger partial charge in [-0.1, -0.05) is 24.2 Å². The summed E-state index contributed by atoms with van der Waals surface area (Å²) in [6, 6.07) is 3.89. The summed E-state index contributed by atoms with van der Waals surface area (Å²) < 4.78 is 26.7. The molecular formula is C28H31ClFN5O5. The zero-order chi connectivity index (χ0) is 28.1. The first-order chi connectivity index (χ1) is 19.3. The number of fused-ring (bicyclic) bond motifs is 2. The highest BCUT2D eigenvalue weighted by molar-refractivity contribution is 6.35. The van der Waals surface area contributed by atoms with E-state index in [9.17, 15) is 14.7 Å². The highest BCUT2D eigenvalue weighted by atomic mass is 35.5. The van der Waals surface area contributed by atoms with Crippen LogP contribution in [-0.4, -0.2) is 114 Å². The zero-order valence-corrected chi connectivity index (χ0v) is 22.9. The highest BCUT2D eigenvalue weighted by Crippen LogP contribution is 2.46. The maximum atomic E-state index is 15.1. The Morgan fingerprint density at radius 1 is 1.12 bits per heavy atom. The van der Waals surface area contributed by atoms with E-state index in [-0.39, 0.29) is 64.4 Å². The van der Waals surface area contributed by atoms with E-state index in [1.54, 1.807) is 9.80 Å². The van der Waals surface area contributed by atoms with Gasteiger partial charge in [-0.3, -0.25) is 14.5 Å². The van der Waals surface area contributed by atoms with Crippen LogP contribution in [0.25, 0.3) is 11.3 Å². The van der Waals surface area contributed by atoms with Crippen LogP contribution in [0.4, 0.5) is 10.2 Å². The molecule has 212 valence electrons. The van der Waals surface area contributed by atoms with Crippen LogP contribution in [0, 0.1) is 5.82 Å². The van der Waals surface area contributed by atoms with E-state index in [1.165, 1.54) is 24.3 Å². The molecule has 0 aliphatic carbocycles. The van der Waals surface area contributed by atoms with E-state index in [4.69, 9.17) is 26.1 Å². The SMILES string of the molecule is C=CC(=O)N1CCN2C(=O)c3c(N4CCN(C5COC5)CC4C)nc(-c4c(O)cccc4F)c(Cl)c3OC[C@H]2C1. The van der Waals surface area contributed by atoms with Gasteiger partial charge in [0.2, 0.25) is 5.91 Å². The number of aromatic hydroxyl groups is 1. The van der Waals surface area contributed by atoms with Crippen molar-refractivity contribution in [1.82, 2.24) is 19.7 Å². The smallest absolute Gasteiger partial charge is 0.261 e. The molecule has 4 aliphatic rings. The number of halogens is 2. The number of pyridine rings is 1. The number of carbonyl (C=O) groups is 2. The number of hydrogen-bond donors (Lipinski definition) is 1. The molecule has 1 unspecified atom stereocenters. The van der Waals surface area contributed by atoms with Crippen molar-refractivity contribution in [2.75, 3.05) is 64.0 Å². The van der Waals surface area contributed by atoms with Crippen molar-refractivity contribution in [3.05, 3.63) is 47.3 Å². The van der Waals surface area contributed by atoms with Gasteiger partial charge in [0.1, 0.15) is 40.3 Å². The Morgan fingerprint density at radius 2 is 1.90 bits per heavy atom. The quantitative estimate of drug-likeness (QED) is 0.559. The van der Waals surface area contributed by atoms with Crippen LogP contribution in [0.1, 0.15) is 17.3 Å². The lowest BCUT2D eigenvalue weighted by molar-refractivity contribution is -0.128. The molecule has 5 heterocycles. The molecule has 3 saturated heterocycles. The Balaban J connectivity index is 1.45. The van der Waals surface area contributed by atoms with Crippen molar-refractivity contribution in [2.24, 2.45) is 0 Å². The molecule has 2 amide bonds. The Kier molecular flexibility index (Phi) is 7.05. The number of anilines is 1. The first kappa shape index (κ1) is 26.8. The topological polar surface area (TPSA) is 98.7 Å². The van der Waals surface area contributed by atoms with Gasteiger partial charge < -0.3 is 29.3 Å². The van der Waals surface area contributed by atoms with Crippen molar-refractivity contribution >= 4 is 29.2 Å². The van der Waals surface area contributed by atoms with Crippen LogP contribution in [0.3, 0.4) is 0 Å². The van der Waals surface area contributed by atoms with Crippen molar-refractivity contribution in [1.29, 1.82) is 0 Å². The fourth-order valence-corrected chi connectivity index (χ4v) is 6.25. The zero-order valence-electron chi connectivity index (χ0n) is 22.2. The summed E-state index contributed by atoms with van der Waals surface area (Å²) in [5, 5.41) is 10.6. The van der Waals surface area contributed by atoms with Crippen molar-refractivity contribution in [2.45, 2.75) is 25.0 Å². The number of ether oxygens (including phenoxy) is 2. The van der Waals surface area contributed by atoms with Gasteiger partial charge >= 0.3 is 0 Å². The summed E-state index contributed by atoms with van der Waals surface area (Å²) in [5.74, 6) is -1.09. The number of nitrogens with zero attached hydrogens (tertiary/aromatic N) is 5. The Morgan fingerprint density at radius 3 is 2.58 bits per heavy atom. The lowest BCUT2D eigenvalue weighted by atomic mass is 10.0. The molecule has 40 heavy (non-hydrogen) atoms. The van der Waals surface area contributed by atoms with E-state index in [2.05, 4.69) is 18.4 Å². The van der Waals surface area contributed by atoms with Crippen LogP contribution in [0.5, 0.6) is 11.5 Å². The second-order valence-corrected chi connectivity index (χ2v) is 11.0. The molecule has 2 aromatic rings. The van der Waals surface area contributed by atoms with Crippen molar-refractivity contribution < 1.29 is 28.6 Å². The predicted molar refractivity (Wildman–Crippen MR) is 146 cm³/mol. The van der Waals surface area contributed by atoms with Crippen molar-refractivity contribution in [3.8, 4) is 22.8 Å². The number of rotatable bonds is 4. The van der Waals surface area contributed by atoms with Crippen LogP contribution in [0.15, 0.2) is 30.9 Å². The number of amides is 2. The predicted octanol–water partition coefficient (Wildman–Crippen LogP) is 2.39. The van der Waals surface area contributed by atoms with Crippen LogP contribution < -0.4 is 9.64 Å². The van der Waals surface area contributed by atoms with E-state index in [0.717, 1.165) is 13.1 Å². The molecule has 6 rings (SSSR count). The minimum Gasteiger partial charge on any atom is -0.507 e. The Hall–Kier alpha value is -3.41. The molecule has 1 aromatic heterocycles. The first-order valence-corrected chi connectivity index (χ1v) is 13.8. The second-order valence-electron chi connectivity index (χ2n) is 10.6. The van der Waals surface area contributed by atoms with Crippen molar-refractivity contribution in [3.63, 3.8) is 0 Å². The second kappa shape index (κ2) is 10.5. The average Bonchev–Trinajstić information content (AvgIpc) is 3.05. The third kappa shape index (κ3) is 4.46. The minimum absolute atomic E-state index is 0.00386. The van der Waals surface area contributed by atoms with Gasteiger partial charge in [-0.15, -0.1) is 0 Å². The lowest BCUT2D eigenvalue weighted by Gasteiger charge is -2.46. The van der Waals surface area contributed by atoms with Gasteiger partial charge in [-0.2, -0.15) is 0 Å². The van der Waals surface area contributed by atoms with E-state index in [1.807, 2.05) is 4.90 Å². The maximum Gasteiger partial charge on any atom is 0.261 e. The van der Waals surface area contributed by atoms with Crippen LogP contribution in [0.2, 0.25) is 5.02 Å². The molecule has 0 radical (unpaired) electrons. The molecule has 0 saturated carbocycles. The fourth-order valence-electron chi connectivity index (χ4n) is 5.96. The minimum atomic E-state index is -0.695.